The van der Waals surface area contributed by atoms with Crippen LogP contribution in [0.2, 0.25) is 0 Å². The van der Waals surface area contributed by atoms with E-state index in [1.807, 2.05) is 6.92 Å². The first kappa shape index (κ1) is 15.4. The Balaban J connectivity index is 1.74. The van der Waals surface area contributed by atoms with Gasteiger partial charge >= 0.3 is 0 Å². The molecule has 2 rings (SSSR count). The number of aliphatic hydroxyl groups excluding tert-OH is 1. The van der Waals surface area contributed by atoms with E-state index in [4.69, 9.17) is 5.73 Å². The van der Waals surface area contributed by atoms with Gasteiger partial charge in [-0.15, -0.1) is 0 Å². The molecular formula is C16H25FN2O. The summed E-state index contributed by atoms with van der Waals surface area (Å²) < 4.78 is 12.9. The van der Waals surface area contributed by atoms with Gasteiger partial charge in [0.15, 0.2) is 0 Å². The van der Waals surface area contributed by atoms with E-state index in [1.165, 1.54) is 12.1 Å². The monoisotopic (exact) mass is 280 g/mol. The van der Waals surface area contributed by atoms with Gasteiger partial charge in [-0.1, -0.05) is 12.1 Å². The SMILES string of the molecule is CC(O)C1CCN(CCC(N)c2ccc(F)cc2)CC1. The topological polar surface area (TPSA) is 49.5 Å². The van der Waals surface area contributed by atoms with E-state index >= 15 is 0 Å². The molecule has 1 aliphatic heterocycles. The molecule has 112 valence electrons. The molecule has 0 spiro atoms. The molecule has 0 amide bonds. The van der Waals surface area contributed by atoms with Gasteiger partial charge in [0, 0.05) is 6.04 Å². The van der Waals surface area contributed by atoms with Crippen molar-refractivity contribution in [1.82, 2.24) is 4.90 Å². The quantitative estimate of drug-likeness (QED) is 0.870. The van der Waals surface area contributed by atoms with Gasteiger partial charge in [-0.05, 0) is 69.4 Å². The van der Waals surface area contributed by atoms with Crippen LogP contribution >= 0.6 is 0 Å². The van der Waals surface area contributed by atoms with Crippen LogP contribution in [0.25, 0.3) is 0 Å². The van der Waals surface area contributed by atoms with E-state index in [2.05, 4.69) is 4.90 Å². The Morgan fingerprint density at radius 1 is 1.30 bits per heavy atom. The van der Waals surface area contributed by atoms with Gasteiger partial charge in [-0.25, -0.2) is 4.39 Å². The zero-order valence-electron chi connectivity index (χ0n) is 12.1. The van der Waals surface area contributed by atoms with Crippen LogP contribution in [0.5, 0.6) is 0 Å². The lowest BCUT2D eigenvalue weighted by Crippen LogP contribution is -2.38. The molecule has 3 N–H and O–H groups in total. The molecule has 2 unspecified atom stereocenters. The fourth-order valence-corrected chi connectivity index (χ4v) is 2.86. The zero-order valence-corrected chi connectivity index (χ0v) is 12.1. The normalized spacial score (nSPS) is 20.8. The number of piperidine rings is 1. The lowest BCUT2D eigenvalue weighted by atomic mass is 9.92. The second kappa shape index (κ2) is 7.16. The van der Waals surface area contributed by atoms with Crippen molar-refractivity contribution in [2.75, 3.05) is 19.6 Å². The summed E-state index contributed by atoms with van der Waals surface area (Å²) in [5.74, 6) is 0.221. The number of nitrogens with two attached hydrogens (primary N) is 1. The molecule has 4 heteroatoms. The molecule has 0 saturated carbocycles. The Hall–Kier alpha value is -0.970. The van der Waals surface area contributed by atoms with Crippen LogP contribution in [-0.4, -0.2) is 35.7 Å². The highest BCUT2D eigenvalue weighted by atomic mass is 19.1. The molecule has 1 heterocycles. The zero-order chi connectivity index (χ0) is 14.5. The minimum Gasteiger partial charge on any atom is -0.393 e. The minimum absolute atomic E-state index is 0.0370. The summed E-state index contributed by atoms with van der Waals surface area (Å²) >= 11 is 0. The summed E-state index contributed by atoms with van der Waals surface area (Å²) in [5, 5.41) is 9.58. The number of hydrogen-bond acceptors (Lipinski definition) is 3. The first-order valence-electron chi connectivity index (χ1n) is 7.47. The van der Waals surface area contributed by atoms with Crippen molar-refractivity contribution in [3.63, 3.8) is 0 Å². The molecule has 0 aromatic heterocycles. The van der Waals surface area contributed by atoms with Crippen molar-refractivity contribution < 1.29 is 9.50 Å². The summed E-state index contributed by atoms with van der Waals surface area (Å²) in [6.07, 6.45) is 2.80. The third kappa shape index (κ3) is 4.27. The van der Waals surface area contributed by atoms with Crippen LogP contribution in [0.15, 0.2) is 24.3 Å². The number of aliphatic hydroxyl groups is 1. The predicted molar refractivity (Wildman–Crippen MR) is 78.8 cm³/mol. The van der Waals surface area contributed by atoms with Gasteiger partial charge in [-0.3, -0.25) is 0 Å². The molecule has 0 radical (unpaired) electrons. The van der Waals surface area contributed by atoms with E-state index in [1.54, 1.807) is 12.1 Å². The summed E-state index contributed by atoms with van der Waals surface area (Å²) in [5.41, 5.74) is 7.14. The summed E-state index contributed by atoms with van der Waals surface area (Å²) in [7, 11) is 0. The van der Waals surface area contributed by atoms with Crippen LogP contribution in [0.4, 0.5) is 4.39 Å². The molecule has 0 bridgehead atoms. The van der Waals surface area contributed by atoms with Crippen molar-refractivity contribution in [3.8, 4) is 0 Å². The minimum atomic E-state index is -0.221. The Morgan fingerprint density at radius 3 is 2.45 bits per heavy atom. The van der Waals surface area contributed by atoms with Crippen molar-refractivity contribution in [1.29, 1.82) is 0 Å². The third-order valence-electron chi connectivity index (χ3n) is 4.37. The number of likely N-dealkylation sites (tertiary alicyclic amines) is 1. The highest BCUT2D eigenvalue weighted by Crippen LogP contribution is 2.22. The van der Waals surface area contributed by atoms with Gasteiger partial charge < -0.3 is 15.7 Å². The molecule has 1 aromatic rings. The Bertz CT molecular complexity index is 399. The van der Waals surface area contributed by atoms with Crippen LogP contribution in [0.3, 0.4) is 0 Å². The van der Waals surface area contributed by atoms with Crippen LogP contribution in [0.1, 0.15) is 37.8 Å². The highest BCUT2D eigenvalue weighted by Gasteiger charge is 2.22. The van der Waals surface area contributed by atoms with Crippen molar-refractivity contribution in [2.45, 2.75) is 38.3 Å². The maximum absolute atomic E-state index is 12.9. The van der Waals surface area contributed by atoms with Gasteiger partial charge in [0.05, 0.1) is 6.10 Å². The van der Waals surface area contributed by atoms with Gasteiger partial charge in [-0.2, -0.15) is 0 Å². The third-order valence-corrected chi connectivity index (χ3v) is 4.37. The second-order valence-corrected chi connectivity index (χ2v) is 5.87. The van der Waals surface area contributed by atoms with Crippen molar-refractivity contribution >= 4 is 0 Å². The van der Waals surface area contributed by atoms with Gasteiger partial charge in [0.2, 0.25) is 0 Å². The van der Waals surface area contributed by atoms with E-state index < -0.39 is 0 Å². The van der Waals surface area contributed by atoms with Gasteiger partial charge in [0.25, 0.3) is 0 Å². The van der Waals surface area contributed by atoms with E-state index in [9.17, 15) is 9.50 Å². The first-order chi connectivity index (χ1) is 9.56. The number of hydrogen-bond donors (Lipinski definition) is 2. The van der Waals surface area contributed by atoms with Gasteiger partial charge in [0.1, 0.15) is 5.82 Å². The molecule has 20 heavy (non-hydrogen) atoms. The maximum atomic E-state index is 12.9. The first-order valence-corrected chi connectivity index (χ1v) is 7.47. The average Bonchev–Trinajstić information content (AvgIpc) is 2.46. The number of halogens is 1. The smallest absolute Gasteiger partial charge is 0.123 e. The molecule has 1 aliphatic rings. The van der Waals surface area contributed by atoms with E-state index in [0.29, 0.717) is 5.92 Å². The highest BCUT2D eigenvalue weighted by molar-refractivity contribution is 5.19. The maximum Gasteiger partial charge on any atom is 0.123 e. The Kier molecular flexibility index (Phi) is 5.52. The average molecular weight is 280 g/mol. The molecule has 1 aromatic carbocycles. The number of nitrogens with zero attached hydrogens (tertiary/aromatic N) is 1. The molecule has 1 saturated heterocycles. The lowest BCUT2D eigenvalue weighted by molar-refractivity contribution is 0.0709. The molecule has 3 nitrogen and oxygen atoms in total. The standard InChI is InChI=1S/C16H25FN2O/c1-12(20)13-6-9-19(10-7-13)11-8-16(18)14-2-4-15(17)5-3-14/h2-5,12-13,16,20H,6-11,18H2,1H3. The molecule has 1 fully saturated rings. The number of rotatable bonds is 5. The molecule has 0 aliphatic carbocycles. The second-order valence-electron chi connectivity index (χ2n) is 5.87. The Labute approximate surface area is 120 Å². The summed E-state index contributed by atoms with van der Waals surface area (Å²) in [6.45, 7) is 4.91. The Morgan fingerprint density at radius 2 is 1.90 bits per heavy atom. The largest absolute Gasteiger partial charge is 0.393 e. The fraction of sp³-hybridized carbons (Fsp3) is 0.625. The van der Waals surface area contributed by atoms with Crippen molar-refractivity contribution in [2.24, 2.45) is 11.7 Å². The van der Waals surface area contributed by atoms with Crippen LogP contribution < -0.4 is 5.73 Å². The van der Waals surface area contributed by atoms with E-state index in [-0.39, 0.29) is 18.0 Å². The van der Waals surface area contributed by atoms with Crippen molar-refractivity contribution in [3.05, 3.63) is 35.6 Å². The molecule has 2 atom stereocenters. The summed E-state index contributed by atoms with van der Waals surface area (Å²) in [4.78, 5) is 2.41. The van der Waals surface area contributed by atoms with E-state index in [0.717, 1.165) is 44.5 Å². The fourth-order valence-electron chi connectivity index (χ4n) is 2.86. The summed E-state index contributed by atoms with van der Waals surface area (Å²) in [6, 6.07) is 6.41. The lowest BCUT2D eigenvalue weighted by Gasteiger charge is -2.33. The van der Waals surface area contributed by atoms with Crippen LogP contribution in [-0.2, 0) is 0 Å². The molecular weight excluding hydrogens is 255 g/mol. The number of benzene rings is 1. The predicted octanol–water partition coefficient (Wildman–Crippen LogP) is 2.31. The van der Waals surface area contributed by atoms with Crippen LogP contribution in [0, 0.1) is 11.7 Å².